The third-order valence-electron chi connectivity index (χ3n) is 2.84. The second-order valence-corrected chi connectivity index (χ2v) is 3.80. The lowest BCUT2D eigenvalue weighted by atomic mass is 10.2. The van der Waals surface area contributed by atoms with Crippen molar-refractivity contribution < 1.29 is 0 Å². The first-order valence-corrected chi connectivity index (χ1v) is 3.97. The predicted molar refractivity (Wildman–Crippen MR) is 38.3 cm³/mol. The van der Waals surface area contributed by atoms with Crippen molar-refractivity contribution in [1.29, 1.82) is 0 Å². The molecule has 2 fully saturated rings. The van der Waals surface area contributed by atoms with E-state index in [9.17, 15) is 0 Å². The summed E-state index contributed by atoms with van der Waals surface area (Å²) in [5.41, 5.74) is 0. The van der Waals surface area contributed by atoms with Gasteiger partial charge in [0.15, 0.2) is 0 Å². The van der Waals surface area contributed by atoms with Crippen LogP contribution in [0.2, 0.25) is 0 Å². The minimum Gasteiger partial charge on any atom is -0.301 e. The highest BCUT2D eigenvalue weighted by Crippen LogP contribution is 2.43. The molecule has 4 unspecified atom stereocenters. The molecule has 0 N–H and O–H groups in total. The summed E-state index contributed by atoms with van der Waals surface area (Å²) in [5, 5.41) is 0. The molecule has 1 aliphatic carbocycles. The maximum absolute atomic E-state index is 2.44. The zero-order valence-electron chi connectivity index (χ0n) is 6.30. The van der Waals surface area contributed by atoms with Gasteiger partial charge in [0.25, 0.3) is 0 Å². The fourth-order valence-corrected chi connectivity index (χ4v) is 1.62. The fourth-order valence-electron chi connectivity index (χ4n) is 1.62. The lowest BCUT2D eigenvalue weighted by molar-refractivity contribution is 0.547. The van der Waals surface area contributed by atoms with Crippen LogP contribution in [-0.4, -0.2) is 24.5 Å². The topological polar surface area (TPSA) is 3.01 Å². The van der Waals surface area contributed by atoms with Crippen molar-refractivity contribution in [3.8, 4) is 0 Å². The van der Waals surface area contributed by atoms with Crippen LogP contribution < -0.4 is 0 Å². The standard InChI is InChI=1S/C8H15N/c1-6-3-7(6)4-8-5-9(8)2/h6-8H,3-5H2,1-2H3. The van der Waals surface area contributed by atoms with Crippen LogP contribution >= 0.6 is 0 Å². The van der Waals surface area contributed by atoms with Gasteiger partial charge in [-0.2, -0.15) is 0 Å². The van der Waals surface area contributed by atoms with Crippen LogP contribution in [0.5, 0.6) is 0 Å². The van der Waals surface area contributed by atoms with Gasteiger partial charge in [0, 0.05) is 12.6 Å². The summed E-state index contributed by atoms with van der Waals surface area (Å²) < 4.78 is 0. The molecule has 52 valence electrons. The second-order valence-electron chi connectivity index (χ2n) is 3.80. The number of rotatable bonds is 2. The SMILES string of the molecule is CC1CC1CC1CN1C. The summed E-state index contributed by atoms with van der Waals surface area (Å²) >= 11 is 0. The number of nitrogens with zero attached hydrogens (tertiary/aromatic N) is 1. The summed E-state index contributed by atoms with van der Waals surface area (Å²) in [7, 11) is 2.22. The van der Waals surface area contributed by atoms with Crippen molar-refractivity contribution in [2.75, 3.05) is 13.6 Å². The van der Waals surface area contributed by atoms with Gasteiger partial charge >= 0.3 is 0 Å². The van der Waals surface area contributed by atoms with Crippen LogP contribution in [0.25, 0.3) is 0 Å². The molecule has 0 aromatic rings. The van der Waals surface area contributed by atoms with Crippen LogP contribution in [0.3, 0.4) is 0 Å². The maximum atomic E-state index is 2.44. The van der Waals surface area contributed by atoms with E-state index < -0.39 is 0 Å². The third-order valence-corrected chi connectivity index (χ3v) is 2.84. The average molecular weight is 125 g/mol. The predicted octanol–water partition coefficient (Wildman–Crippen LogP) is 1.35. The van der Waals surface area contributed by atoms with Crippen molar-refractivity contribution in [1.82, 2.24) is 4.90 Å². The first-order chi connectivity index (χ1) is 4.27. The summed E-state index contributed by atoms with van der Waals surface area (Å²) in [6.45, 7) is 3.73. The maximum Gasteiger partial charge on any atom is 0.0223 e. The molecule has 1 nitrogen and oxygen atoms in total. The van der Waals surface area contributed by atoms with Crippen molar-refractivity contribution in [2.24, 2.45) is 11.8 Å². The van der Waals surface area contributed by atoms with Gasteiger partial charge in [0.1, 0.15) is 0 Å². The van der Waals surface area contributed by atoms with Gasteiger partial charge in [-0.3, -0.25) is 0 Å². The number of likely N-dealkylation sites (N-methyl/N-ethyl adjacent to an activating group) is 1. The minimum atomic E-state index is 0.972. The Labute approximate surface area is 57.0 Å². The van der Waals surface area contributed by atoms with E-state index in [1.54, 1.807) is 0 Å². The van der Waals surface area contributed by atoms with E-state index in [2.05, 4.69) is 18.9 Å². The highest BCUT2D eigenvalue weighted by Gasteiger charge is 2.40. The Morgan fingerprint density at radius 1 is 1.56 bits per heavy atom. The Morgan fingerprint density at radius 3 is 2.44 bits per heavy atom. The van der Waals surface area contributed by atoms with E-state index in [1.807, 2.05) is 0 Å². The van der Waals surface area contributed by atoms with Gasteiger partial charge in [-0.05, 0) is 31.7 Å². The lowest BCUT2D eigenvalue weighted by Crippen LogP contribution is -1.95. The van der Waals surface area contributed by atoms with Crippen LogP contribution in [-0.2, 0) is 0 Å². The Hall–Kier alpha value is -0.0400. The molecule has 0 aromatic carbocycles. The van der Waals surface area contributed by atoms with Crippen molar-refractivity contribution in [3.63, 3.8) is 0 Å². The normalized spacial score (nSPS) is 55.3. The smallest absolute Gasteiger partial charge is 0.0223 e. The Morgan fingerprint density at radius 2 is 2.11 bits per heavy atom. The highest BCUT2D eigenvalue weighted by atomic mass is 15.3. The summed E-state index contributed by atoms with van der Waals surface area (Å²) in [4.78, 5) is 2.44. The van der Waals surface area contributed by atoms with E-state index >= 15 is 0 Å². The molecular formula is C8H15N. The zero-order valence-corrected chi connectivity index (χ0v) is 6.30. The van der Waals surface area contributed by atoms with Crippen LogP contribution in [0.15, 0.2) is 0 Å². The molecule has 1 heteroatoms. The average Bonchev–Trinajstić information content (AvgIpc) is 2.59. The molecule has 9 heavy (non-hydrogen) atoms. The first-order valence-electron chi connectivity index (χ1n) is 3.97. The summed E-state index contributed by atoms with van der Waals surface area (Å²) in [6, 6.07) is 0.972. The quantitative estimate of drug-likeness (QED) is 0.503. The third kappa shape index (κ3) is 1.11. The zero-order chi connectivity index (χ0) is 6.43. The van der Waals surface area contributed by atoms with E-state index in [0.29, 0.717) is 0 Å². The number of hydrogen-bond acceptors (Lipinski definition) is 1. The van der Waals surface area contributed by atoms with Gasteiger partial charge < -0.3 is 4.90 Å². The van der Waals surface area contributed by atoms with E-state index in [4.69, 9.17) is 0 Å². The van der Waals surface area contributed by atoms with E-state index in [-0.39, 0.29) is 0 Å². The molecule has 0 amide bonds. The monoisotopic (exact) mass is 125 g/mol. The number of hydrogen-bond donors (Lipinski definition) is 0. The first kappa shape index (κ1) is 5.72. The Bertz CT molecular complexity index is 108. The molecule has 2 aliphatic rings. The Balaban J connectivity index is 1.69. The molecule has 0 aromatic heterocycles. The molecule has 0 bridgehead atoms. The van der Waals surface area contributed by atoms with Crippen LogP contribution in [0, 0.1) is 11.8 Å². The molecule has 1 aliphatic heterocycles. The van der Waals surface area contributed by atoms with Crippen molar-refractivity contribution >= 4 is 0 Å². The lowest BCUT2D eigenvalue weighted by Gasteiger charge is -1.92. The second kappa shape index (κ2) is 1.72. The van der Waals surface area contributed by atoms with Crippen LogP contribution in [0.1, 0.15) is 19.8 Å². The molecule has 0 radical (unpaired) electrons. The van der Waals surface area contributed by atoms with Gasteiger partial charge in [-0.15, -0.1) is 0 Å². The van der Waals surface area contributed by atoms with Gasteiger partial charge in [-0.1, -0.05) is 6.92 Å². The molecule has 0 spiro atoms. The molecule has 1 heterocycles. The summed E-state index contributed by atoms with van der Waals surface area (Å²) in [5.74, 6) is 2.15. The minimum absolute atomic E-state index is 0.972. The molecule has 2 rings (SSSR count). The molecule has 1 saturated heterocycles. The van der Waals surface area contributed by atoms with Gasteiger partial charge in [-0.25, -0.2) is 0 Å². The van der Waals surface area contributed by atoms with E-state index in [0.717, 1.165) is 17.9 Å². The van der Waals surface area contributed by atoms with Gasteiger partial charge in [0.2, 0.25) is 0 Å². The van der Waals surface area contributed by atoms with Gasteiger partial charge in [0.05, 0.1) is 0 Å². The van der Waals surface area contributed by atoms with Crippen LogP contribution in [0.4, 0.5) is 0 Å². The van der Waals surface area contributed by atoms with Crippen molar-refractivity contribution in [2.45, 2.75) is 25.8 Å². The molecule has 1 saturated carbocycles. The van der Waals surface area contributed by atoms with E-state index in [1.165, 1.54) is 19.4 Å². The summed E-state index contributed by atoms with van der Waals surface area (Å²) in [6.07, 6.45) is 2.99. The Kier molecular flexibility index (Phi) is 1.10. The fraction of sp³-hybridized carbons (Fsp3) is 1.00. The molecular weight excluding hydrogens is 110 g/mol. The van der Waals surface area contributed by atoms with Crippen molar-refractivity contribution in [3.05, 3.63) is 0 Å². The largest absolute Gasteiger partial charge is 0.301 e. The molecule has 4 atom stereocenters. The highest BCUT2D eigenvalue weighted by molar-refractivity contribution is 4.94.